The Bertz CT molecular complexity index is 539. The van der Waals surface area contributed by atoms with Crippen LogP contribution in [0, 0.1) is 17.1 Å². The van der Waals surface area contributed by atoms with Crippen LogP contribution in [0.1, 0.15) is 5.56 Å². The number of benzene rings is 1. The minimum Gasteiger partial charge on any atom is -0.381 e. The maximum absolute atomic E-state index is 13.4. The van der Waals surface area contributed by atoms with Gasteiger partial charge >= 0.3 is 0 Å². The van der Waals surface area contributed by atoms with Crippen molar-refractivity contribution >= 4 is 5.82 Å². The van der Waals surface area contributed by atoms with Crippen LogP contribution in [0.3, 0.4) is 0 Å². The van der Waals surface area contributed by atoms with E-state index < -0.39 is 5.82 Å². The monoisotopic (exact) mass is 202 g/mol. The van der Waals surface area contributed by atoms with Crippen molar-refractivity contribution in [3.63, 3.8) is 0 Å². The van der Waals surface area contributed by atoms with Crippen molar-refractivity contribution in [2.45, 2.75) is 0 Å². The Morgan fingerprint density at radius 2 is 2.13 bits per heavy atom. The molecule has 5 heteroatoms. The number of nitrogens with two attached hydrogens (primary N) is 1. The topological polar surface area (TPSA) is 78.5 Å². The number of aromatic amines is 1. The third-order valence-electron chi connectivity index (χ3n) is 2.05. The number of hydrogen-bond acceptors (Lipinski definition) is 3. The van der Waals surface area contributed by atoms with Gasteiger partial charge in [-0.25, -0.2) is 4.39 Å². The van der Waals surface area contributed by atoms with Gasteiger partial charge in [0.25, 0.3) is 0 Å². The molecule has 0 fully saturated rings. The third kappa shape index (κ3) is 1.42. The highest BCUT2D eigenvalue weighted by Crippen LogP contribution is 2.26. The second-order valence-corrected chi connectivity index (χ2v) is 2.95. The summed E-state index contributed by atoms with van der Waals surface area (Å²) >= 11 is 0. The lowest BCUT2D eigenvalue weighted by Crippen LogP contribution is -1.89. The molecule has 0 unspecified atom stereocenters. The van der Waals surface area contributed by atoms with Gasteiger partial charge in [0, 0.05) is 5.56 Å². The van der Waals surface area contributed by atoms with Gasteiger partial charge in [0.1, 0.15) is 17.4 Å². The zero-order chi connectivity index (χ0) is 10.8. The molecule has 0 aliphatic carbocycles. The molecule has 2 aromatic rings. The Morgan fingerprint density at radius 3 is 2.80 bits per heavy atom. The van der Waals surface area contributed by atoms with E-state index in [0.29, 0.717) is 11.3 Å². The largest absolute Gasteiger partial charge is 0.381 e. The normalized spacial score (nSPS) is 9.87. The number of nitrogen functional groups attached to an aromatic ring is 1. The molecule has 1 aromatic carbocycles. The van der Waals surface area contributed by atoms with Crippen molar-refractivity contribution in [1.29, 1.82) is 5.26 Å². The van der Waals surface area contributed by atoms with Crippen LogP contribution < -0.4 is 5.73 Å². The van der Waals surface area contributed by atoms with Gasteiger partial charge in [0.2, 0.25) is 0 Å². The number of nitrogens with zero attached hydrogens (tertiary/aromatic N) is 2. The lowest BCUT2D eigenvalue weighted by Gasteiger charge is -1.99. The van der Waals surface area contributed by atoms with Crippen LogP contribution in [-0.4, -0.2) is 10.2 Å². The summed E-state index contributed by atoms with van der Waals surface area (Å²) in [5.41, 5.74) is 6.22. The van der Waals surface area contributed by atoms with Crippen LogP contribution in [0.2, 0.25) is 0 Å². The molecule has 0 spiro atoms. The molecule has 0 aliphatic heterocycles. The molecular formula is C10H7FN4. The van der Waals surface area contributed by atoms with E-state index in [2.05, 4.69) is 10.2 Å². The van der Waals surface area contributed by atoms with Crippen molar-refractivity contribution in [1.82, 2.24) is 10.2 Å². The quantitative estimate of drug-likeness (QED) is 0.738. The predicted octanol–water partition coefficient (Wildman–Crippen LogP) is 1.67. The van der Waals surface area contributed by atoms with E-state index in [1.54, 1.807) is 18.2 Å². The maximum Gasteiger partial charge on any atom is 0.163 e. The van der Waals surface area contributed by atoms with Gasteiger partial charge in [-0.3, -0.25) is 5.10 Å². The fraction of sp³-hybridized carbons (Fsp3) is 0. The number of nitrogens with one attached hydrogen (secondary N) is 1. The first-order valence-corrected chi connectivity index (χ1v) is 4.23. The summed E-state index contributed by atoms with van der Waals surface area (Å²) < 4.78 is 13.4. The van der Waals surface area contributed by atoms with Crippen molar-refractivity contribution in [3.05, 3.63) is 35.6 Å². The van der Waals surface area contributed by atoms with Crippen molar-refractivity contribution in [2.24, 2.45) is 0 Å². The molecule has 2 rings (SSSR count). The lowest BCUT2D eigenvalue weighted by molar-refractivity contribution is 0.630. The van der Waals surface area contributed by atoms with E-state index in [4.69, 9.17) is 11.0 Å². The number of hydrogen-bond donors (Lipinski definition) is 2. The molecule has 15 heavy (non-hydrogen) atoms. The van der Waals surface area contributed by atoms with Crippen LogP contribution in [0.5, 0.6) is 0 Å². The van der Waals surface area contributed by atoms with Gasteiger partial charge in [-0.1, -0.05) is 12.1 Å². The van der Waals surface area contributed by atoms with Crippen LogP contribution >= 0.6 is 0 Å². The molecule has 0 aliphatic rings. The van der Waals surface area contributed by atoms with Crippen LogP contribution in [0.25, 0.3) is 11.3 Å². The van der Waals surface area contributed by atoms with Gasteiger partial charge in [-0.05, 0) is 12.1 Å². The molecule has 1 heterocycles. The fourth-order valence-corrected chi connectivity index (χ4v) is 1.33. The summed E-state index contributed by atoms with van der Waals surface area (Å²) in [7, 11) is 0. The number of halogens is 1. The lowest BCUT2D eigenvalue weighted by atomic mass is 10.1. The Kier molecular flexibility index (Phi) is 2.10. The van der Waals surface area contributed by atoms with Crippen molar-refractivity contribution in [3.8, 4) is 17.3 Å². The summed E-state index contributed by atoms with van der Waals surface area (Å²) in [6.07, 6.45) is 0. The summed E-state index contributed by atoms with van der Waals surface area (Å²) in [6, 6.07) is 8.01. The molecule has 0 radical (unpaired) electrons. The first kappa shape index (κ1) is 9.21. The van der Waals surface area contributed by atoms with Gasteiger partial charge < -0.3 is 5.73 Å². The van der Waals surface area contributed by atoms with Crippen molar-refractivity contribution < 1.29 is 4.39 Å². The Balaban J connectivity index is 2.66. The second-order valence-electron chi connectivity index (χ2n) is 2.95. The molecule has 3 N–H and O–H groups in total. The molecule has 4 nitrogen and oxygen atoms in total. The SMILES string of the molecule is N#Cc1c(N)n[nH]c1-c1ccccc1F. The summed E-state index contributed by atoms with van der Waals surface area (Å²) in [6.45, 7) is 0. The van der Waals surface area contributed by atoms with Crippen LogP contribution in [0.4, 0.5) is 10.2 Å². The fourth-order valence-electron chi connectivity index (χ4n) is 1.33. The van der Waals surface area contributed by atoms with E-state index >= 15 is 0 Å². The third-order valence-corrected chi connectivity index (χ3v) is 2.05. The molecule has 1 aromatic heterocycles. The zero-order valence-corrected chi connectivity index (χ0v) is 7.66. The first-order valence-electron chi connectivity index (χ1n) is 4.23. The number of nitriles is 1. The molecule has 0 saturated heterocycles. The van der Waals surface area contributed by atoms with E-state index in [1.165, 1.54) is 6.07 Å². The maximum atomic E-state index is 13.4. The minimum absolute atomic E-state index is 0.0794. The Morgan fingerprint density at radius 1 is 1.40 bits per heavy atom. The molecule has 0 atom stereocenters. The first-order chi connectivity index (χ1) is 7.24. The van der Waals surface area contributed by atoms with E-state index in [0.717, 1.165) is 0 Å². The van der Waals surface area contributed by atoms with Crippen LogP contribution in [-0.2, 0) is 0 Å². The molecular weight excluding hydrogens is 195 g/mol. The van der Waals surface area contributed by atoms with Gasteiger partial charge in [0.05, 0.1) is 5.69 Å². The Hall–Kier alpha value is -2.35. The highest BCUT2D eigenvalue weighted by Gasteiger charge is 2.14. The van der Waals surface area contributed by atoms with Crippen molar-refractivity contribution in [2.75, 3.05) is 5.73 Å². The molecule has 0 bridgehead atoms. The smallest absolute Gasteiger partial charge is 0.163 e. The number of rotatable bonds is 1. The van der Waals surface area contributed by atoms with Crippen LogP contribution in [0.15, 0.2) is 24.3 Å². The highest BCUT2D eigenvalue weighted by atomic mass is 19.1. The summed E-state index contributed by atoms with van der Waals surface area (Å²) in [5.74, 6) is -0.339. The minimum atomic E-state index is -0.419. The summed E-state index contributed by atoms with van der Waals surface area (Å²) in [4.78, 5) is 0. The number of aromatic nitrogens is 2. The van der Waals surface area contributed by atoms with E-state index in [9.17, 15) is 4.39 Å². The standard InChI is InChI=1S/C10H7FN4/c11-8-4-2-1-3-6(8)9-7(5-12)10(13)15-14-9/h1-4H,(H3,13,14,15). The van der Waals surface area contributed by atoms with E-state index in [-0.39, 0.29) is 11.4 Å². The molecule has 0 amide bonds. The van der Waals surface area contributed by atoms with Gasteiger partial charge in [-0.15, -0.1) is 0 Å². The summed E-state index contributed by atoms with van der Waals surface area (Å²) in [5, 5.41) is 15.0. The Labute approximate surface area is 85.1 Å². The predicted molar refractivity (Wildman–Crippen MR) is 53.1 cm³/mol. The highest BCUT2D eigenvalue weighted by molar-refractivity contribution is 5.72. The molecule has 74 valence electrons. The zero-order valence-electron chi connectivity index (χ0n) is 7.66. The van der Waals surface area contributed by atoms with E-state index in [1.807, 2.05) is 6.07 Å². The molecule has 0 saturated carbocycles. The van der Waals surface area contributed by atoms with Gasteiger partial charge in [-0.2, -0.15) is 10.4 Å². The second kappa shape index (κ2) is 3.42. The number of anilines is 1. The van der Waals surface area contributed by atoms with Gasteiger partial charge in [0.15, 0.2) is 5.82 Å². The number of H-pyrrole nitrogens is 1. The average Bonchev–Trinajstić information content (AvgIpc) is 2.60. The average molecular weight is 202 g/mol.